The molecule has 2 rings (SSSR count). The molecule has 6 heteroatoms. The van der Waals surface area contributed by atoms with Crippen molar-refractivity contribution in [3.63, 3.8) is 0 Å². The zero-order chi connectivity index (χ0) is 15.6. The topological polar surface area (TPSA) is 45.2 Å². The van der Waals surface area contributed by atoms with Crippen LogP contribution in [0.25, 0.3) is 0 Å². The van der Waals surface area contributed by atoms with Gasteiger partial charge in [0.1, 0.15) is 0 Å². The molecule has 0 radical (unpaired) electrons. The molecular formula is C15H21ClFN3O. The van der Waals surface area contributed by atoms with Gasteiger partial charge in [0.15, 0.2) is 11.6 Å². The van der Waals surface area contributed by atoms with Crippen LogP contribution in [0.4, 0.5) is 10.2 Å². The predicted octanol–water partition coefficient (Wildman–Crippen LogP) is 3.01. The fraction of sp³-hybridized carbons (Fsp3) is 0.600. The molecule has 1 unspecified atom stereocenters. The number of hydrogen-bond acceptors (Lipinski definition) is 3. The van der Waals surface area contributed by atoms with E-state index in [1.54, 1.807) is 0 Å². The van der Waals surface area contributed by atoms with Crippen LogP contribution in [0, 0.1) is 11.2 Å². The highest BCUT2D eigenvalue weighted by atomic mass is 35.5. The van der Waals surface area contributed by atoms with E-state index in [0.29, 0.717) is 12.4 Å². The molecule has 1 aromatic rings. The molecule has 1 saturated heterocycles. The fourth-order valence-corrected chi connectivity index (χ4v) is 2.47. The lowest BCUT2D eigenvalue weighted by atomic mass is 9.94. The average Bonchev–Trinajstić information content (AvgIpc) is 2.37. The molecule has 1 amide bonds. The van der Waals surface area contributed by atoms with Crippen molar-refractivity contribution in [2.24, 2.45) is 5.41 Å². The summed E-state index contributed by atoms with van der Waals surface area (Å²) in [6.45, 7) is 6.93. The van der Waals surface area contributed by atoms with E-state index in [0.717, 1.165) is 19.4 Å². The first-order chi connectivity index (χ1) is 9.77. The molecule has 1 aromatic heterocycles. The minimum absolute atomic E-state index is 0.0129. The van der Waals surface area contributed by atoms with Crippen LogP contribution < -0.4 is 10.2 Å². The summed E-state index contributed by atoms with van der Waals surface area (Å²) in [4.78, 5) is 18.0. The Hall–Kier alpha value is -1.36. The minimum Gasteiger partial charge on any atom is -0.352 e. The van der Waals surface area contributed by atoms with E-state index >= 15 is 0 Å². The van der Waals surface area contributed by atoms with Crippen LogP contribution in [-0.2, 0) is 4.79 Å². The van der Waals surface area contributed by atoms with Gasteiger partial charge in [-0.05, 0) is 18.9 Å². The van der Waals surface area contributed by atoms with E-state index in [1.165, 1.54) is 12.3 Å². The van der Waals surface area contributed by atoms with Crippen LogP contribution in [0.2, 0.25) is 5.02 Å². The molecule has 0 spiro atoms. The van der Waals surface area contributed by atoms with Crippen molar-refractivity contribution in [2.45, 2.75) is 39.7 Å². The molecule has 0 bridgehead atoms. The lowest BCUT2D eigenvalue weighted by Gasteiger charge is -2.35. The Morgan fingerprint density at radius 2 is 2.24 bits per heavy atom. The molecule has 1 aliphatic heterocycles. The zero-order valence-electron chi connectivity index (χ0n) is 12.6. The summed E-state index contributed by atoms with van der Waals surface area (Å²) in [6, 6.07) is 1.28. The van der Waals surface area contributed by atoms with Gasteiger partial charge in [0.2, 0.25) is 5.91 Å². The molecule has 4 nitrogen and oxygen atoms in total. The van der Waals surface area contributed by atoms with Crippen LogP contribution in [0.3, 0.4) is 0 Å². The van der Waals surface area contributed by atoms with Crippen molar-refractivity contribution in [2.75, 3.05) is 18.0 Å². The van der Waals surface area contributed by atoms with Crippen LogP contribution in [-0.4, -0.2) is 30.0 Å². The van der Waals surface area contributed by atoms with E-state index in [4.69, 9.17) is 11.6 Å². The normalized spacial score (nSPS) is 19.5. The molecular weight excluding hydrogens is 293 g/mol. The summed E-state index contributed by atoms with van der Waals surface area (Å²) in [5.41, 5.74) is -0.425. The maximum atomic E-state index is 13.9. The number of rotatable bonds is 2. The number of piperidine rings is 1. The third-order valence-corrected chi connectivity index (χ3v) is 3.73. The fourth-order valence-electron chi connectivity index (χ4n) is 2.33. The summed E-state index contributed by atoms with van der Waals surface area (Å²) in [5, 5.41) is 3.32. The van der Waals surface area contributed by atoms with Crippen molar-refractivity contribution in [1.82, 2.24) is 10.3 Å². The Bertz CT molecular complexity index is 530. The average molecular weight is 314 g/mol. The van der Waals surface area contributed by atoms with Gasteiger partial charge in [0, 0.05) is 30.7 Å². The summed E-state index contributed by atoms with van der Waals surface area (Å²) in [5.74, 6) is -0.113. The smallest absolute Gasteiger partial charge is 0.225 e. The maximum absolute atomic E-state index is 13.9. The Labute approximate surface area is 129 Å². The molecule has 1 fully saturated rings. The minimum atomic E-state index is -0.426. The van der Waals surface area contributed by atoms with Gasteiger partial charge in [0.25, 0.3) is 0 Å². The standard InChI is InChI=1S/C15H21ClFN3O/c1-15(2,3)14(21)19-11-5-4-6-20(9-11)13-12(17)7-10(16)8-18-13/h7-8,11H,4-6,9H2,1-3H3,(H,19,21). The first-order valence-corrected chi connectivity index (χ1v) is 7.52. The van der Waals surface area contributed by atoms with Gasteiger partial charge in [-0.3, -0.25) is 4.79 Å². The molecule has 2 heterocycles. The lowest BCUT2D eigenvalue weighted by molar-refractivity contribution is -0.129. The molecule has 21 heavy (non-hydrogen) atoms. The molecule has 0 aliphatic carbocycles. The number of hydrogen-bond donors (Lipinski definition) is 1. The number of nitrogens with zero attached hydrogens (tertiary/aromatic N) is 2. The molecule has 1 aliphatic rings. The van der Waals surface area contributed by atoms with Gasteiger partial charge in [-0.2, -0.15) is 0 Å². The Morgan fingerprint density at radius 3 is 2.86 bits per heavy atom. The number of nitrogens with one attached hydrogen (secondary N) is 1. The summed E-state index contributed by atoms with van der Waals surface area (Å²) in [6.07, 6.45) is 3.23. The van der Waals surface area contributed by atoms with Crippen LogP contribution in [0.1, 0.15) is 33.6 Å². The first-order valence-electron chi connectivity index (χ1n) is 7.14. The number of amides is 1. The second-order valence-electron chi connectivity index (χ2n) is 6.47. The second kappa shape index (κ2) is 6.18. The molecule has 0 aromatic carbocycles. The van der Waals surface area contributed by atoms with Crippen LogP contribution >= 0.6 is 11.6 Å². The second-order valence-corrected chi connectivity index (χ2v) is 6.90. The quantitative estimate of drug-likeness (QED) is 0.913. The number of carbonyl (C=O) groups is 1. The molecule has 0 saturated carbocycles. The van der Waals surface area contributed by atoms with Crippen LogP contribution in [0.5, 0.6) is 0 Å². The highest BCUT2D eigenvalue weighted by Crippen LogP contribution is 2.23. The largest absolute Gasteiger partial charge is 0.352 e. The van der Waals surface area contributed by atoms with Gasteiger partial charge in [-0.1, -0.05) is 32.4 Å². The van der Waals surface area contributed by atoms with Gasteiger partial charge in [-0.25, -0.2) is 9.37 Å². The van der Waals surface area contributed by atoms with Crippen LogP contribution in [0.15, 0.2) is 12.3 Å². The van der Waals surface area contributed by atoms with E-state index < -0.39 is 11.2 Å². The predicted molar refractivity (Wildman–Crippen MR) is 82.0 cm³/mol. The number of aromatic nitrogens is 1. The van der Waals surface area contributed by atoms with Gasteiger partial charge < -0.3 is 10.2 Å². The van der Waals surface area contributed by atoms with Gasteiger partial charge in [0.05, 0.1) is 5.02 Å². The Balaban J connectivity index is 2.05. The van der Waals surface area contributed by atoms with E-state index in [-0.39, 0.29) is 17.0 Å². The first kappa shape index (κ1) is 16.0. The monoisotopic (exact) mass is 313 g/mol. The lowest BCUT2D eigenvalue weighted by Crippen LogP contribution is -2.50. The Kier molecular flexibility index (Phi) is 4.71. The molecule has 1 atom stereocenters. The van der Waals surface area contributed by atoms with E-state index in [2.05, 4.69) is 10.3 Å². The number of pyridine rings is 1. The van der Waals surface area contributed by atoms with Crippen molar-refractivity contribution >= 4 is 23.3 Å². The van der Waals surface area contributed by atoms with Crippen molar-refractivity contribution < 1.29 is 9.18 Å². The number of carbonyl (C=O) groups excluding carboxylic acids is 1. The summed E-state index contributed by atoms with van der Waals surface area (Å²) >= 11 is 5.73. The van der Waals surface area contributed by atoms with Gasteiger partial charge in [-0.15, -0.1) is 0 Å². The highest BCUT2D eigenvalue weighted by Gasteiger charge is 2.28. The zero-order valence-corrected chi connectivity index (χ0v) is 13.4. The van der Waals surface area contributed by atoms with E-state index in [9.17, 15) is 9.18 Å². The third kappa shape index (κ3) is 4.06. The van der Waals surface area contributed by atoms with Gasteiger partial charge >= 0.3 is 0 Å². The van der Waals surface area contributed by atoms with Crippen molar-refractivity contribution in [3.05, 3.63) is 23.1 Å². The third-order valence-electron chi connectivity index (χ3n) is 3.53. The summed E-state index contributed by atoms with van der Waals surface area (Å²) < 4.78 is 13.9. The highest BCUT2D eigenvalue weighted by molar-refractivity contribution is 6.30. The number of anilines is 1. The summed E-state index contributed by atoms with van der Waals surface area (Å²) in [7, 11) is 0. The SMILES string of the molecule is CC(C)(C)C(=O)NC1CCCN(c2ncc(Cl)cc2F)C1. The molecule has 1 N–H and O–H groups in total. The molecule has 116 valence electrons. The van der Waals surface area contributed by atoms with E-state index in [1.807, 2.05) is 25.7 Å². The van der Waals surface area contributed by atoms with Crippen molar-refractivity contribution in [1.29, 1.82) is 0 Å². The maximum Gasteiger partial charge on any atom is 0.225 e. The number of halogens is 2. The van der Waals surface area contributed by atoms with Crippen molar-refractivity contribution in [3.8, 4) is 0 Å². The Morgan fingerprint density at radius 1 is 1.52 bits per heavy atom.